The van der Waals surface area contributed by atoms with E-state index in [0.29, 0.717) is 0 Å². The van der Waals surface area contributed by atoms with E-state index in [-0.39, 0.29) is 0 Å². The summed E-state index contributed by atoms with van der Waals surface area (Å²) in [5.74, 6) is 0. The molecule has 0 N–H and O–H groups in total. The second-order valence-electron chi connectivity index (χ2n) is 2.17. The van der Waals surface area contributed by atoms with Crippen LogP contribution in [0.5, 0.6) is 0 Å². The molecule has 0 aromatic carbocycles. The van der Waals surface area contributed by atoms with Gasteiger partial charge in [0.15, 0.2) is 0 Å². The van der Waals surface area contributed by atoms with Crippen LogP contribution in [0.3, 0.4) is 0 Å². The van der Waals surface area contributed by atoms with E-state index in [4.69, 9.17) is 0 Å². The Labute approximate surface area is 55.6 Å². The molecule has 0 aliphatic rings. The van der Waals surface area contributed by atoms with Gasteiger partial charge in [0.05, 0.1) is 0 Å². The normalized spacial score (nSPS) is 9.56. The van der Waals surface area contributed by atoms with Crippen LogP contribution in [0, 0.1) is 13.8 Å². The first-order valence-corrected chi connectivity index (χ1v) is 3.02. The lowest BCUT2D eigenvalue weighted by atomic mass is 10.3. The molecule has 0 bridgehead atoms. The van der Waals surface area contributed by atoms with Crippen molar-refractivity contribution in [1.29, 1.82) is 0 Å². The van der Waals surface area contributed by atoms with E-state index in [1.807, 2.05) is 17.0 Å². The highest BCUT2D eigenvalue weighted by molar-refractivity contribution is 5.29. The molecule has 48 valence electrons. The van der Waals surface area contributed by atoms with Crippen molar-refractivity contribution in [3.8, 4) is 0 Å². The predicted octanol–water partition coefficient (Wildman–Crippen LogP) is 2.21. The van der Waals surface area contributed by atoms with E-state index < -0.39 is 0 Å². The minimum Gasteiger partial charge on any atom is -0.328 e. The maximum atomic E-state index is 3.67. The lowest BCUT2D eigenvalue weighted by molar-refractivity contribution is 1.08. The van der Waals surface area contributed by atoms with E-state index in [1.54, 1.807) is 0 Å². The molecule has 1 aromatic heterocycles. The van der Waals surface area contributed by atoms with Crippen LogP contribution in [-0.2, 0) is 0 Å². The number of aryl methyl sites for hydroxylation is 1. The number of hydrogen-bond donors (Lipinski definition) is 0. The standard InChI is InChI=1S/C8H11N/c1-4-9-6-5-7(2)8(9)3/h4-6H,1H2,2-3H3. The van der Waals surface area contributed by atoms with Crippen molar-refractivity contribution in [2.45, 2.75) is 13.8 Å². The van der Waals surface area contributed by atoms with E-state index >= 15 is 0 Å². The molecule has 1 rings (SSSR count). The fourth-order valence-electron chi connectivity index (χ4n) is 0.826. The summed E-state index contributed by atoms with van der Waals surface area (Å²) in [6, 6.07) is 2.08. The third-order valence-corrected chi connectivity index (χ3v) is 1.64. The predicted molar refractivity (Wildman–Crippen MR) is 40.3 cm³/mol. The van der Waals surface area contributed by atoms with Gasteiger partial charge in [0, 0.05) is 18.1 Å². The topological polar surface area (TPSA) is 4.93 Å². The molecular formula is C8H11N. The first-order chi connectivity index (χ1) is 4.25. The molecule has 0 saturated heterocycles. The van der Waals surface area contributed by atoms with Crippen LogP contribution in [0.25, 0.3) is 6.20 Å². The van der Waals surface area contributed by atoms with E-state index in [1.165, 1.54) is 11.3 Å². The lowest BCUT2D eigenvalue weighted by Gasteiger charge is -1.95. The molecule has 0 radical (unpaired) electrons. The zero-order valence-electron chi connectivity index (χ0n) is 5.89. The first kappa shape index (κ1) is 6.14. The Morgan fingerprint density at radius 2 is 2.22 bits per heavy atom. The van der Waals surface area contributed by atoms with Crippen molar-refractivity contribution < 1.29 is 0 Å². The van der Waals surface area contributed by atoms with Crippen molar-refractivity contribution >= 4 is 6.20 Å². The van der Waals surface area contributed by atoms with Crippen LogP contribution in [0.4, 0.5) is 0 Å². The minimum absolute atomic E-state index is 1.27. The Bertz CT molecular complexity index is 220. The summed E-state index contributed by atoms with van der Waals surface area (Å²) in [6.45, 7) is 7.84. The highest BCUT2D eigenvalue weighted by Crippen LogP contribution is 2.06. The van der Waals surface area contributed by atoms with Crippen molar-refractivity contribution in [3.63, 3.8) is 0 Å². The van der Waals surface area contributed by atoms with Crippen molar-refractivity contribution in [2.24, 2.45) is 0 Å². The molecule has 0 spiro atoms. The SMILES string of the molecule is C=Cn1ccc(C)c1C. The number of rotatable bonds is 1. The second-order valence-corrected chi connectivity index (χ2v) is 2.17. The van der Waals surface area contributed by atoms with Crippen molar-refractivity contribution in [1.82, 2.24) is 4.57 Å². The summed E-state index contributed by atoms with van der Waals surface area (Å²) >= 11 is 0. The van der Waals surface area contributed by atoms with Crippen molar-refractivity contribution in [3.05, 3.63) is 30.1 Å². The number of nitrogens with zero attached hydrogens (tertiary/aromatic N) is 1. The van der Waals surface area contributed by atoms with Crippen LogP contribution < -0.4 is 0 Å². The van der Waals surface area contributed by atoms with Gasteiger partial charge in [-0.15, -0.1) is 0 Å². The van der Waals surface area contributed by atoms with Crippen molar-refractivity contribution in [2.75, 3.05) is 0 Å². The molecule has 0 unspecified atom stereocenters. The molecule has 0 fully saturated rings. The van der Waals surface area contributed by atoms with Gasteiger partial charge in [0.25, 0.3) is 0 Å². The van der Waals surface area contributed by atoms with Gasteiger partial charge in [-0.05, 0) is 25.5 Å². The summed E-state index contributed by atoms with van der Waals surface area (Å²) in [4.78, 5) is 0. The monoisotopic (exact) mass is 121 g/mol. The molecule has 1 nitrogen and oxygen atoms in total. The Balaban J connectivity index is 3.18. The van der Waals surface area contributed by atoms with E-state index in [9.17, 15) is 0 Å². The fourth-order valence-corrected chi connectivity index (χ4v) is 0.826. The van der Waals surface area contributed by atoms with Gasteiger partial charge in [-0.3, -0.25) is 0 Å². The van der Waals surface area contributed by atoms with Gasteiger partial charge in [0.2, 0.25) is 0 Å². The zero-order chi connectivity index (χ0) is 6.85. The summed E-state index contributed by atoms with van der Waals surface area (Å²) in [6.07, 6.45) is 3.82. The van der Waals surface area contributed by atoms with Crippen LogP contribution in [0.2, 0.25) is 0 Å². The van der Waals surface area contributed by atoms with Crippen LogP contribution in [0.1, 0.15) is 11.3 Å². The fraction of sp³-hybridized carbons (Fsp3) is 0.250. The summed E-state index contributed by atoms with van der Waals surface area (Å²) in [7, 11) is 0. The molecule has 0 amide bonds. The van der Waals surface area contributed by atoms with Gasteiger partial charge in [0.1, 0.15) is 0 Å². The molecule has 0 atom stereocenters. The molecule has 1 heteroatoms. The van der Waals surface area contributed by atoms with Gasteiger partial charge in [-0.25, -0.2) is 0 Å². The highest BCUT2D eigenvalue weighted by atomic mass is 14.9. The Morgan fingerprint density at radius 1 is 1.56 bits per heavy atom. The maximum Gasteiger partial charge on any atom is 0.0218 e. The Kier molecular flexibility index (Phi) is 1.43. The van der Waals surface area contributed by atoms with Gasteiger partial charge >= 0.3 is 0 Å². The third kappa shape index (κ3) is 0.900. The summed E-state index contributed by atoms with van der Waals surface area (Å²) in [5.41, 5.74) is 2.58. The van der Waals surface area contributed by atoms with E-state index in [0.717, 1.165) is 0 Å². The molecule has 0 saturated carbocycles. The molecule has 1 aromatic rings. The molecular weight excluding hydrogens is 110 g/mol. The van der Waals surface area contributed by atoms with Gasteiger partial charge in [-0.1, -0.05) is 6.58 Å². The van der Waals surface area contributed by atoms with Crippen LogP contribution >= 0.6 is 0 Å². The van der Waals surface area contributed by atoms with Crippen LogP contribution in [-0.4, -0.2) is 4.57 Å². The average molecular weight is 121 g/mol. The maximum absolute atomic E-state index is 3.67. The highest BCUT2D eigenvalue weighted by Gasteiger charge is 1.93. The first-order valence-electron chi connectivity index (χ1n) is 3.02. The smallest absolute Gasteiger partial charge is 0.0218 e. The summed E-state index contributed by atoms with van der Waals surface area (Å²) < 4.78 is 2.01. The van der Waals surface area contributed by atoms with Crippen LogP contribution in [0.15, 0.2) is 18.8 Å². The molecule has 9 heavy (non-hydrogen) atoms. The Morgan fingerprint density at radius 3 is 2.44 bits per heavy atom. The van der Waals surface area contributed by atoms with Gasteiger partial charge in [-0.2, -0.15) is 0 Å². The Hall–Kier alpha value is -0.980. The molecule has 0 aliphatic carbocycles. The van der Waals surface area contributed by atoms with Gasteiger partial charge < -0.3 is 4.57 Å². The summed E-state index contributed by atoms with van der Waals surface area (Å²) in [5, 5.41) is 0. The average Bonchev–Trinajstić information content (AvgIpc) is 2.15. The zero-order valence-corrected chi connectivity index (χ0v) is 5.89. The largest absolute Gasteiger partial charge is 0.328 e. The van der Waals surface area contributed by atoms with E-state index in [2.05, 4.69) is 26.5 Å². The molecule has 1 heterocycles. The second kappa shape index (κ2) is 2.09. The number of aromatic nitrogens is 1. The molecule has 0 aliphatic heterocycles. The number of hydrogen-bond acceptors (Lipinski definition) is 0. The minimum atomic E-state index is 1.27. The lowest BCUT2D eigenvalue weighted by Crippen LogP contribution is -1.85. The quantitative estimate of drug-likeness (QED) is 0.536. The third-order valence-electron chi connectivity index (χ3n) is 1.64.